The molecular formula is C18H23N3O2. The second-order valence-corrected chi connectivity index (χ2v) is 5.47. The number of ether oxygens (including phenoxy) is 1. The van der Waals surface area contributed by atoms with Crippen LogP contribution >= 0.6 is 0 Å². The number of nitrogens with zero attached hydrogens (tertiary/aromatic N) is 1. The fourth-order valence-electron chi connectivity index (χ4n) is 2.04. The van der Waals surface area contributed by atoms with Crippen LogP contribution in [0.25, 0.3) is 0 Å². The number of nitrogens with one attached hydrogen (secondary N) is 1. The van der Waals surface area contributed by atoms with Crippen molar-refractivity contribution in [2.45, 2.75) is 26.1 Å². The van der Waals surface area contributed by atoms with Crippen LogP contribution in [0.5, 0.6) is 5.75 Å². The quantitative estimate of drug-likeness (QED) is 0.566. The van der Waals surface area contributed by atoms with Crippen molar-refractivity contribution in [1.82, 2.24) is 0 Å². The lowest BCUT2D eigenvalue weighted by atomic mass is 10.1. The van der Waals surface area contributed by atoms with E-state index in [1.165, 1.54) is 0 Å². The Morgan fingerprint density at radius 3 is 2.39 bits per heavy atom. The molecule has 5 nitrogen and oxygen atoms in total. The number of aliphatic hydroxyl groups is 1. The highest BCUT2D eigenvalue weighted by atomic mass is 16.5. The molecule has 1 atom stereocenters. The average Bonchev–Trinajstić information content (AvgIpc) is 2.54. The number of hydrogen-bond acceptors (Lipinski definition) is 3. The average molecular weight is 313 g/mol. The number of guanidine groups is 1. The summed E-state index contributed by atoms with van der Waals surface area (Å²) in [6.07, 6.45) is -0.585. The molecule has 0 radical (unpaired) electrons. The van der Waals surface area contributed by atoms with Gasteiger partial charge in [0.05, 0.1) is 18.8 Å². The Kier molecular flexibility index (Phi) is 6.00. The normalized spacial score (nSPS) is 13.0. The van der Waals surface area contributed by atoms with Gasteiger partial charge in [0.1, 0.15) is 5.75 Å². The van der Waals surface area contributed by atoms with Crippen LogP contribution in [0.2, 0.25) is 0 Å². The molecule has 0 bridgehead atoms. The summed E-state index contributed by atoms with van der Waals surface area (Å²) in [4.78, 5) is 4.17. The van der Waals surface area contributed by atoms with Gasteiger partial charge in [0.15, 0.2) is 5.96 Å². The van der Waals surface area contributed by atoms with E-state index < -0.39 is 6.10 Å². The maximum Gasteiger partial charge on any atom is 0.193 e. The molecule has 5 heteroatoms. The highest BCUT2D eigenvalue weighted by Crippen LogP contribution is 2.19. The predicted molar refractivity (Wildman–Crippen MR) is 93.7 cm³/mol. The molecule has 0 aliphatic carbocycles. The maximum atomic E-state index is 10.2. The zero-order valence-electron chi connectivity index (χ0n) is 13.4. The van der Waals surface area contributed by atoms with Gasteiger partial charge >= 0.3 is 0 Å². The van der Waals surface area contributed by atoms with Gasteiger partial charge in [-0.2, -0.15) is 0 Å². The summed E-state index contributed by atoms with van der Waals surface area (Å²) < 4.78 is 5.57. The van der Waals surface area contributed by atoms with Gasteiger partial charge < -0.3 is 20.9 Å². The maximum absolute atomic E-state index is 10.2. The van der Waals surface area contributed by atoms with Crippen LogP contribution in [-0.4, -0.2) is 23.7 Å². The molecule has 23 heavy (non-hydrogen) atoms. The summed E-state index contributed by atoms with van der Waals surface area (Å²) >= 11 is 0. The number of aliphatic imine (C=N–C) groups is 1. The predicted octanol–water partition coefficient (Wildman–Crippen LogP) is 2.93. The number of para-hydroxylation sites is 1. The smallest absolute Gasteiger partial charge is 0.193 e. The fraction of sp³-hybridized carbons (Fsp3) is 0.278. The molecule has 0 aliphatic rings. The summed E-state index contributed by atoms with van der Waals surface area (Å²) in [7, 11) is 0. The monoisotopic (exact) mass is 313 g/mol. The zero-order chi connectivity index (χ0) is 16.7. The molecule has 0 aromatic heterocycles. The van der Waals surface area contributed by atoms with Gasteiger partial charge in [0.25, 0.3) is 0 Å². The molecule has 0 saturated carbocycles. The van der Waals surface area contributed by atoms with E-state index in [0.717, 1.165) is 17.0 Å². The van der Waals surface area contributed by atoms with Crippen molar-refractivity contribution in [1.29, 1.82) is 0 Å². The van der Waals surface area contributed by atoms with Crippen LogP contribution in [0, 0.1) is 0 Å². The summed E-state index contributed by atoms with van der Waals surface area (Å²) in [5.41, 5.74) is 7.45. The number of aliphatic hydroxyl groups excluding tert-OH is 1. The summed E-state index contributed by atoms with van der Waals surface area (Å²) in [5, 5.41) is 13.2. The number of rotatable bonds is 6. The topological polar surface area (TPSA) is 79.9 Å². The van der Waals surface area contributed by atoms with Crippen LogP contribution < -0.4 is 15.8 Å². The van der Waals surface area contributed by atoms with E-state index in [9.17, 15) is 5.11 Å². The second kappa shape index (κ2) is 8.19. The Morgan fingerprint density at radius 1 is 1.13 bits per heavy atom. The van der Waals surface area contributed by atoms with Gasteiger partial charge in [0, 0.05) is 5.69 Å². The molecule has 4 N–H and O–H groups in total. The first kappa shape index (κ1) is 16.8. The minimum atomic E-state index is -0.709. The first-order valence-electron chi connectivity index (χ1n) is 7.61. The molecule has 122 valence electrons. The van der Waals surface area contributed by atoms with Gasteiger partial charge in [-0.15, -0.1) is 0 Å². The molecule has 2 rings (SSSR count). The van der Waals surface area contributed by atoms with Crippen LogP contribution in [0.4, 0.5) is 5.69 Å². The largest absolute Gasteiger partial charge is 0.491 e. The number of anilines is 1. The third-order valence-corrected chi connectivity index (χ3v) is 3.12. The summed E-state index contributed by atoms with van der Waals surface area (Å²) in [6.45, 7) is 4.13. The van der Waals surface area contributed by atoms with Crippen molar-refractivity contribution in [2.24, 2.45) is 10.7 Å². The highest BCUT2D eigenvalue weighted by Gasteiger charge is 2.08. The standard InChI is InChI=1S/C18H23N3O2/c1-13(2)23-16-10-8-14(9-11-16)17(22)12-20-18(19)21-15-6-4-3-5-7-15/h3-11,13,17,22H,12H2,1-2H3,(H3,19,20,21). The van der Waals surface area contributed by atoms with Gasteiger partial charge in [-0.1, -0.05) is 30.3 Å². The van der Waals surface area contributed by atoms with Crippen LogP contribution in [-0.2, 0) is 0 Å². The van der Waals surface area contributed by atoms with E-state index in [1.807, 2.05) is 68.4 Å². The lowest BCUT2D eigenvalue weighted by molar-refractivity contribution is 0.187. The van der Waals surface area contributed by atoms with E-state index in [1.54, 1.807) is 0 Å². The summed E-state index contributed by atoms with van der Waals surface area (Å²) in [5.74, 6) is 1.06. The molecule has 0 amide bonds. The Bertz CT molecular complexity index is 624. The van der Waals surface area contributed by atoms with E-state index in [0.29, 0.717) is 0 Å². The minimum absolute atomic E-state index is 0.124. The molecule has 0 spiro atoms. The van der Waals surface area contributed by atoms with E-state index in [-0.39, 0.29) is 18.6 Å². The lowest BCUT2D eigenvalue weighted by Gasteiger charge is -2.12. The third kappa shape index (κ3) is 5.64. The Morgan fingerprint density at radius 2 is 1.78 bits per heavy atom. The fourth-order valence-corrected chi connectivity index (χ4v) is 2.04. The second-order valence-electron chi connectivity index (χ2n) is 5.47. The van der Waals surface area contributed by atoms with Gasteiger partial charge in [0.2, 0.25) is 0 Å². The van der Waals surface area contributed by atoms with Crippen LogP contribution in [0.15, 0.2) is 59.6 Å². The van der Waals surface area contributed by atoms with E-state index >= 15 is 0 Å². The van der Waals surface area contributed by atoms with Crippen LogP contribution in [0.3, 0.4) is 0 Å². The molecular weight excluding hydrogens is 290 g/mol. The third-order valence-electron chi connectivity index (χ3n) is 3.12. The Balaban J connectivity index is 1.90. The van der Waals surface area contributed by atoms with Crippen molar-refractivity contribution in [3.63, 3.8) is 0 Å². The number of hydrogen-bond donors (Lipinski definition) is 3. The molecule has 1 unspecified atom stereocenters. The zero-order valence-corrected chi connectivity index (χ0v) is 13.4. The number of benzene rings is 2. The first-order chi connectivity index (χ1) is 11.0. The van der Waals surface area contributed by atoms with Gasteiger partial charge in [-0.25, -0.2) is 0 Å². The minimum Gasteiger partial charge on any atom is -0.491 e. The van der Waals surface area contributed by atoms with Crippen LogP contribution in [0.1, 0.15) is 25.5 Å². The molecule has 0 saturated heterocycles. The van der Waals surface area contributed by atoms with Crippen molar-refractivity contribution < 1.29 is 9.84 Å². The molecule has 2 aromatic carbocycles. The Labute approximate surface area is 136 Å². The van der Waals surface area contributed by atoms with E-state index in [4.69, 9.17) is 10.5 Å². The lowest BCUT2D eigenvalue weighted by Crippen LogP contribution is -2.23. The molecule has 0 aliphatic heterocycles. The SMILES string of the molecule is CC(C)Oc1ccc(C(O)CN=C(N)Nc2ccccc2)cc1. The van der Waals surface area contributed by atoms with Gasteiger partial charge in [-0.05, 0) is 43.7 Å². The Hall–Kier alpha value is -2.53. The van der Waals surface area contributed by atoms with E-state index in [2.05, 4.69) is 10.3 Å². The highest BCUT2D eigenvalue weighted by molar-refractivity contribution is 5.92. The van der Waals surface area contributed by atoms with Crippen molar-refractivity contribution in [2.75, 3.05) is 11.9 Å². The molecule has 0 heterocycles. The molecule has 2 aromatic rings. The number of nitrogens with two attached hydrogens (primary N) is 1. The van der Waals surface area contributed by atoms with Crippen molar-refractivity contribution in [3.8, 4) is 5.75 Å². The van der Waals surface area contributed by atoms with Crippen molar-refractivity contribution in [3.05, 3.63) is 60.2 Å². The summed E-state index contributed by atoms with van der Waals surface area (Å²) in [6, 6.07) is 16.9. The first-order valence-corrected chi connectivity index (χ1v) is 7.61. The van der Waals surface area contributed by atoms with Gasteiger partial charge in [-0.3, -0.25) is 4.99 Å². The van der Waals surface area contributed by atoms with Crippen molar-refractivity contribution >= 4 is 11.6 Å². The molecule has 0 fully saturated rings.